The van der Waals surface area contributed by atoms with Gasteiger partial charge in [-0.05, 0) is 30.5 Å². The first-order valence-corrected chi connectivity index (χ1v) is 8.97. The maximum atomic E-state index is 12.2. The van der Waals surface area contributed by atoms with Crippen molar-refractivity contribution < 1.29 is 19.4 Å². The Morgan fingerprint density at radius 2 is 2.00 bits per heavy atom. The molecular weight excluding hydrogens is 320 g/mol. The smallest absolute Gasteiger partial charge is 0.250 e. The van der Waals surface area contributed by atoms with Crippen molar-refractivity contribution in [3.8, 4) is 11.5 Å². The highest BCUT2D eigenvalue weighted by molar-refractivity contribution is 5.81. The molecule has 1 saturated carbocycles. The van der Waals surface area contributed by atoms with Crippen molar-refractivity contribution in [3.63, 3.8) is 0 Å². The molecule has 2 atom stereocenters. The second kappa shape index (κ2) is 9.63. The molecule has 0 spiro atoms. The van der Waals surface area contributed by atoms with Gasteiger partial charge in [0, 0.05) is 18.2 Å². The summed E-state index contributed by atoms with van der Waals surface area (Å²) in [5.74, 6) is 1.40. The van der Waals surface area contributed by atoms with E-state index in [4.69, 9.17) is 15.2 Å². The summed E-state index contributed by atoms with van der Waals surface area (Å²) in [6, 6.07) is 4.84. The van der Waals surface area contributed by atoms with Gasteiger partial charge in [0.05, 0.1) is 14.2 Å². The van der Waals surface area contributed by atoms with Gasteiger partial charge in [-0.3, -0.25) is 4.79 Å². The van der Waals surface area contributed by atoms with E-state index >= 15 is 0 Å². The van der Waals surface area contributed by atoms with Crippen LogP contribution in [0, 0.1) is 5.92 Å². The van der Waals surface area contributed by atoms with E-state index in [-0.39, 0.29) is 6.54 Å². The van der Waals surface area contributed by atoms with E-state index in [0.717, 1.165) is 18.4 Å². The molecule has 4 N–H and O–H groups in total. The molecule has 1 aromatic carbocycles. The van der Waals surface area contributed by atoms with Crippen LogP contribution in [0.25, 0.3) is 0 Å². The van der Waals surface area contributed by atoms with Gasteiger partial charge in [0.25, 0.3) is 5.91 Å². The number of nitrogens with one attached hydrogen (secondary N) is 1. The Morgan fingerprint density at radius 1 is 1.28 bits per heavy atom. The molecule has 6 heteroatoms. The average Bonchev–Trinajstić information content (AvgIpc) is 2.65. The fourth-order valence-corrected chi connectivity index (χ4v) is 3.44. The van der Waals surface area contributed by atoms with E-state index in [1.54, 1.807) is 32.4 Å². The van der Waals surface area contributed by atoms with Crippen LogP contribution in [0.2, 0.25) is 0 Å². The highest BCUT2D eigenvalue weighted by Gasteiger charge is 2.26. The van der Waals surface area contributed by atoms with Crippen molar-refractivity contribution in [2.24, 2.45) is 11.7 Å². The van der Waals surface area contributed by atoms with Gasteiger partial charge < -0.3 is 25.6 Å². The number of carbonyl (C=O) groups excluding carboxylic acids is 1. The van der Waals surface area contributed by atoms with Crippen molar-refractivity contribution >= 4 is 5.91 Å². The zero-order chi connectivity index (χ0) is 18.2. The molecular formula is C19H30N2O4. The van der Waals surface area contributed by atoms with Crippen LogP contribution in [0.15, 0.2) is 18.2 Å². The fourth-order valence-electron chi connectivity index (χ4n) is 3.44. The third-order valence-corrected chi connectivity index (χ3v) is 4.95. The first-order valence-electron chi connectivity index (χ1n) is 8.97. The second-order valence-electron chi connectivity index (χ2n) is 6.74. The normalized spacial score (nSPS) is 17.6. The van der Waals surface area contributed by atoms with Crippen LogP contribution in [0.3, 0.4) is 0 Å². The van der Waals surface area contributed by atoms with E-state index in [1.807, 2.05) is 0 Å². The SMILES string of the molecule is COc1ccc(OC)c(CNC(=O)C(O)[C@H](N)CC2CCCCC2)c1. The zero-order valence-electron chi connectivity index (χ0n) is 15.2. The van der Waals surface area contributed by atoms with Crippen molar-refractivity contribution in [2.75, 3.05) is 14.2 Å². The average molecular weight is 350 g/mol. The van der Waals surface area contributed by atoms with E-state index in [9.17, 15) is 9.90 Å². The molecule has 0 aliphatic heterocycles. The van der Waals surface area contributed by atoms with E-state index in [2.05, 4.69) is 5.32 Å². The molecule has 1 unspecified atom stereocenters. The summed E-state index contributed by atoms with van der Waals surface area (Å²) in [6.45, 7) is 0.242. The molecule has 0 radical (unpaired) electrons. The largest absolute Gasteiger partial charge is 0.497 e. The summed E-state index contributed by atoms with van der Waals surface area (Å²) in [7, 11) is 3.15. The Hall–Kier alpha value is -1.79. The minimum Gasteiger partial charge on any atom is -0.497 e. The third kappa shape index (κ3) is 5.61. The van der Waals surface area contributed by atoms with Gasteiger partial charge in [0.15, 0.2) is 0 Å². The van der Waals surface area contributed by atoms with E-state index < -0.39 is 18.1 Å². The van der Waals surface area contributed by atoms with Crippen LogP contribution in [-0.4, -0.2) is 37.4 Å². The minimum absolute atomic E-state index is 0.242. The Kier molecular flexibility index (Phi) is 7.52. The number of amides is 1. The molecule has 25 heavy (non-hydrogen) atoms. The van der Waals surface area contributed by atoms with Crippen LogP contribution in [-0.2, 0) is 11.3 Å². The lowest BCUT2D eigenvalue weighted by molar-refractivity contribution is -0.130. The highest BCUT2D eigenvalue weighted by Crippen LogP contribution is 2.27. The van der Waals surface area contributed by atoms with Gasteiger partial charge in [-0.2, -0.15) is 0 Å². The summed E-state index contributed by atoms with van der Waals surface area (Å²) >= 11 is 0. The predicted molar refractivity (Wildman–Crippen MR) is 96.6 cm³/mol. The van der Waals surface area contributed by atoms with E-state index in [0.29, 0.717) is 23.8 Å². The first-order chi connectivity index (χ1) is 12.0. The number of nitrogens with two attached hydrogens (primary N) is 1. The van der Waals surface area contributed by atoms with Crippen molar-refractivity contribution in [3.05, 3.63) is 23.8 Å². The summed E-state index contributed by atoms with van der Waals surface area (Å²) in [4.78, 5) is 12.2. The lowest BCUT2D eigenvalue weighted by Crippen LogP contribution is -2.47. The molecule has 1 aliphatic rings. The molecule has 0 aromatic heterocycles. The molecule has 1 amide bonds. The number of carbonyl (C=O) groups is 1. The van der Waals surface area contributed by atoms with Crippen LogP contribution in [0.4, 0.5) is 0 Å². The molecule has 0 bridgehead atoms. The quantitative estimate of drug-likeness (QED) is 0.666. The molecule has 140 valence electrons. The van der Waals surface area contributed by atoms with Gasteiger partial charge in [0.2, 0.25) is 0 Å². The molecule has 1 aliphatic carbocycles. The molecule has 2 rings (SSSR count). The van der Waals surface area contributed by atoms with Crippen LogP contribution in [0.5, 0.6) is 11.5 Å². The first kappa shape index (κ1) is 19.5. The molecule has 0 heterocycles. The standard InChI is InChI=1S/C19H30N2O4/c1-24-15-8-9-17(25-2)14(11-15)12-21-19(23)18(22)16(20)10-13-6-4-3-5-7-13/h8-9,11,13,16,18,22H,3-7,10,12,20H2,1-2H3,(H,21,23)/t16-,18?/m1/s1. The topological polar surface area (TPSA) is 93.8 Å². The second-order valence-corrected chi connectivity index (χ2v) is 6.74. The number of hydrogen-bond acceptors (Lipinski definition) is 5. The van der Waals surface area contributed by atoms with Gasteiger partial charge in [-0.15, -0.1) is 0 Å². The summed E-state index contributed by atoms with van der Waals surface area (Å²) in [5.41, 5.74) is 6.84. The summed E-state index contributed by atoms with van der Waals surface area (Å²) < 4.78 is 10.5. The number of aliphatic hydroxyl groups is 1. The maximum Gasteiger partial charge on any atom is 0.250 e. The summed E-state index contributed by atoms with van der Waals surface area (Å²) in [6.07, 6.45) is 5.49. The molecule has 1 aromatic rings. The number of ether oxygens (including phenoxy) is 2. The highest BCUT2D eigenvalue weighted by atomic mass is 16.5. The zero-order valence-corrected chi connectivity index (χ0v) is 15.2. The third-order valence-electron chi connectivity index (χ3n) is 4.95. The van der Waals surface area contributed by atoms with Crippen molar-refractivity contribution in [2.45, 2.75) is 57.2 Å². The Labute approximate surface area is 149 Å². The fraction of sp³-hybridized carbons (Fsp3) is 0.632. The summed E-state index contributed by atoms with van der Waals surface area (Å²) in [5, 5.41) is 13.0. The number of benzene rings is 1. The monoisotopic (exact) mass is 350 g/mol. The molecule has 1 fully saturated rings. The minimum atomic E-state index is -1.20. The van der Waals surface area contributed by atoms with Crippen LogP contribution in [0.1, 0.15) is 44.1 Å². The van der Waals surface area contributed by atoms with Crippen molar-refractivity contribution in [1.29, 1.82) is 0 Å². The number of aliphatic hydroxyl groups excluding tert-OH is 1. The van der Waals surface area contributed by atoms with Gasteiger partial charge >= 0.3 is 0 Å². The van der Waals surface area contributed by atoms with Gasteiger partial charge in [0.1, 0.15) is 17.6 Å². The molecule has 0 saturated heterocycles. The van der Waals surface area contributed by atoms with Crippen LogP contribution >= 0.6 is 0 Å². The molecule has 6 nitrogen and oxygen atoms in total. The lowest BCUT2D eigenvalue weighted by Gasteiger charge is -2.26. The number of methoxy groups -OCH3 is 2. The number of hydrogen-bond donors (Lipinski definition) is 3. The van der Waals surface area contributed by atoms with Gasteiger partial charge in [-0.1, -0.05) is 32.1 Å². The number of rotatable bonds is 8. The van der Waals surface area contributed by atoms with Crippen LogP contribution < -0.4 is 20.5 Å². The Morgan fingerprint density at radius 3 is 2.64 bits per heavy atom. The Bertz CT molecular complexity index is 558. The predicted octanol–water partition coefficient (Wildman–Crippen LogP) is 1.98. The van der Waals surface area contributed by atoms with Gasteiger partial charge in [-0.25, -0.2) is 0 Å². The van der Waals surface area contributed by atoms with Crippen molar-refractivity contribution in [1.82, 2.24) is 5.32 Å². The van der Waals surface area contributed by atoms with E-state index in [1.165, 1.54) is 19.3 Å². The maximum absolute atomic E-state index is 12.2. The Balaban J connectivity index is 1.88. The lowest BCUT2D eigenvalue weighted by atomic mass is 9.84.